The third-order valence-corrected chi connectivity index (χ3v) is 5.17. The van der Waals surface area contributed by atoms with Crippen molar-refractivity contribution in [1.82, 2.24) is 5.32 Å². The quantitative estimate of drug-likeness (QED) is 0.701. The molecule has 27 heavy (non-hydrogen) atoms. The van der Waals surface area contributed by atoms with Gasteiger partial charge in [-0.15, -0.1) is 0 Å². The van der Waals surface area contributed by atoms with Crippen LogP contribution in [0.15, 0.2) is 18.2 Å². The number of ether oxygens (including phenoxy) is 3. The molecule has 3 atom stereocenters. The highest BCUT2D eigenvalue weighted by molar-refractivity contribution is 5.92. The van der Waals surface area contributed by atoms with Gasteiger partial charge < -0.3 is 19.5 Å². The second-order valence-corrected chi connectivity index (χ2v) is 7.04. The highest BCUT2D eigenvalue weighted by Crippen LogP contribution is 2.30. The minimum absolute atomic E-state index is 0.148. The van der Waals surface area contributed by atoms with Crippen LogP contribution in [-0.4, -0.2) is 37.7 Å². The molecule has 1 amide bonds. The molecule has 6 nitrogen and oxygen atoms in total. The molecule has 6 heteroatoms. The van der Waals surface area contributed by atoms with Gasteiger partial charge in [-0.25, -0.2) is 4.79 Å². The van der Waals surface area contributed by atoms with E-state index in [9.17, 15) is 9.59 Å². The van der Waals surface area contributed by atoms with Crippen LogP contribution < -0.4 is 14.8 Å². The molecule has 0 saturated heterocycles. The molecule has 1 fully saturated rings. The van der Waals surface area contributed by atoms with Crippen molar-refractivity contribution in [2.75, 3.05) is 19.8 Å². The van der Waals surface area contributed by atoms with Crippen molar-refractivity contribution in [2.45, 2.75) is 53.0 Å². The fourth-order valence-corrected chi connectivity index (χ4v) is 3.43. The summed E-state index contributed by atoms with van der Waals surface area (Å²) >= 11 is 0. The van der Waals surface area contributed by atoms with Crippen LogP contribution in [0.1, 0.15) is 57.3 Å². The maximum absolute atomic E-state index is 12.3. The molecule has 0 bridgehead atoms. The molecular formula is C21H31NO5. The highest BCUT2D eigenvalue weighted by Gasteiger charge is 2.28. The lowest BCUT2D eigenvalue weighted by atomic mass is 9.78. The topological polar surface area (TPSA) is 73.9 Å². The van der Waals surface area contributed by atoms with Gasteiger partial charge in [-0.3, -0.25) is 4.79 Å². The average molecular weight is 377 g/mol. The Bertz CT molecular complexity index is 645. The van der Waals surface area contributed by atoms with Crippen LogP contribution in [0.5, 0.6) is 11.5 Å². The largest absolute Gasteiger partial charge is 0.490 e. The van der Waals surface area contributed by atoms with E-state index in [-0.39, 0.29) is 18.6 Å². The second kappa shape index (κ2) is 10.2. The van der Waals surface area contributed by atoms with Crippen LogP contribution in [-0.2, 0) is 9.53 Å². The summed E-state index contributed by atoms with van der Waals surface area (Å²) in [5.41, 5.74) is 0.328. The first kappa shape index (κ1) is 21.1. The lowest BCUT2D eigenvalue weighted by molar-refractivity contribution is -0.125. The van der Waals surface area contributed by atoms with Crippen molar-refractivity contribution in [1.29, 1.82) is 0 Å². The zero-order valence-corrected chi connectivity index (χ0v) is 16.7. The van der Waals surface area contributed by atoms with E-state index >= 15 is 0 Å². The summed E-state index contributed by atoms with van der Waals surface area (Å²) in [6, 6.07) is 5.02. The molecule has 0 aromatic heterocycles. The van der Waals surface area contributed by atoms with E-state index in [4.69, 9.17) is 14.2 Å². The van der Waals surface area contributed by atoms with Crippen molar-refractivity contribution in [3.05, 3.63) is 23.8 Å². The third-order valence-electron chi connectivity index (χ3n) is 5.17. The van der Waals surface area contributed by atoms with Gasteiger partial charge in [-0.05, 0) is 50.3 Å². The normalized spacial score (nSPS) is 22.0. The SMILES string of the molecule is CCOc1ccc(C(=O)OCC(=O)N[C@@H]2CCC[C@@H](C)[C@@H]2C)cc1OCC. The Morgan fingerprint density at radius 2 is 1.78 bits per heavy atom. The van der Waals surface area contributed by atoms with Gasteiger partial charge in [0.1, 0.15) is 0 Å². The Kier molecular flexibility index (Phi) is 7.95. The minimum atomic E-state index is -0.556. The maximum atomic E-state index is 12.3. The van der Waals surface area contributed by atoms with Crippen LogP contribution in [0.2, 0.25) is 0 Å². The van der Waals surface area contributed by atoms with Crippen LogP contribution in [0.4, 0.5) is 0 Å². The zero-order valence-electron chi connectivity index (χ0n) is 16.7. The van der Waals surface area contributed by atoms with Gasteiger partial charge in [0.2, 0.25) is 0 Å². The summed E-state index contributed by atoms with van der Waals surface area (Å²) in [5, 5.41) is 3.00. The van der Waals surface area contributed by atoms with E-state index in [1.807, 2.05) is 13.8 Å². The lowest BCUT2D eigenvalue weighted by Gasteiger charge is -2.34. The van der Waals surface area contributed by atoms with Crippen LogP contribution in [0.3, 0.4) is 0 Å². The summed E-state index contributed by atoms with van der Waals surface area (Å²) in [5.74, 6) is 1.27. The lowest BCUT2D eigenvalue weighted by Crippen LogP contribution is -2.45. The highest BCUT2D eigenvalue weighted by atomic mass is 16.5. The fraction of sp³-hybridized carbons (Fsp3) is 0.619. The Morgan fingerprint density at radius 3 is 2.48 bits per heavy atom. The number of carbonyl (C=O) groups is 2. The molecule has 1 aromatic rings. The van der Waals surface area contributed by atoms with E-state index in [0.29, 0.717) is 42.1 Å². The fourth-order valence-electron chi connectivity index (χ4n) is 3.43. The number of rotatable bonds is 8. The Morgan fingerprint density at radius 1 is 1.07 bits per heavy atom. The average Bonchev–Trinajstić information content (AvgIpc) is 2.65. The van der Waals surface area contributed by atoms with Gasteiger partial charge >= 0.3 is 5.97 Å². The molecular weight excluding hydrogens is 346 g/mol. The van der Waals surface area contributed by atoms with Crippen LogP contribution in [0, 0.1) is 11.8 Å². The molecule has 0 spiro atoms. The van der Waals surface area contributed by atoms with E-state index in [2.05, 4.69) is 19.2 Å². The predicted octanol–water partition coefficient (Wildman–Crippen LogP) is 3.58. The summed E-state index contributed by atoms with van der Waals surface area (Å²) in [6.07, 6.45) is 3.28. The van der Waals surface area contributed by atoms with E-state index in [0.717, 1.165) is 12.8 Å². The first-order chi connectivity index (χ1) is 13.0. The molecule has 0 aliphatic heterocycles. The molecule has 1 saturated carbocycles. The predicted molar refractivity (Wildman–Crippen MR) is 103 cm³/mol. The van der Waals surface area contributed by atoms with Gasteiger partial charge in [0.25, 0.3) is 5.91 Å². The minimum Gasteiger partial charge on any atom is -0.490 e. The number of hydrogen-bond donors (Lipinski definition) is 1. The van der Waals surface area contributed by atoms with Crippen LogP contribution >= 0.6 is 0 Å². The molecule has 150 valence electrons. The molecule has 0 unspecified atom stereocenters. The maximum Gasteiger partial charge on any atom is 0.338 e. The molecule has 0 radical (unpaired) electrons. The molecule has 1 aliphatic carbocycles. The smallest absolute Gasteiger partial charge is 0.338 e. The van der Waals surface area contributed by atoms with Gasteiger partial charge in [-0.1, -0.05) is 26.7 Å². The Hall–Kier alpha value is -2.24. The first-order valence-corrected chi connectivity index (χ1v) is 9.82. The molecule has 1 aromatic carbocycles. The summed E-state index contributed by atoms with van der Waals surface area (Å²) in [7, 11) is 0. The van der Waals surface area contributed by atoms with Crippen molar-refractivity contribution in [2.24, 2.45) is 11.8 Å². The molecule has 1 N–H and O–H groups in total. The van der Waals surface area contributed by atoms with E-state index in [1.54, 1.807) is 18.2 Å². The monoisotopic (exact) mass is 377 g/mol. The van der Waals surface area contributed by atoms with Gasteiger partial charge in [0.15, 0.2) is 18.1 Å². The number of hydrogen-bond acceptors (Lipinski definition) is 5. The summed E-state index contributed by atoms with van der Waals surface area (Å²) < 4.78 is 16.2. The van der Waals surface area contributed by atoms with E-state index < -0.39 is 5.97 Å². The van der Waals surface area contributed by atoms with Crippen molar-refractivity contribution >= 4 is 11.9 Å². The number of amides is 1. The van der Waals surface area contributed by atoms with Gasteiger partial charge in [0, 0.05) is 6.04 Å². The van der Waals surface area contributed by atoms with E-state index in [1.165, 1.54) is 6.42 Å². The van der Waals surface area contributed by atoms with Gasteiger partial charge in [0.05, 0.1) is 18.8 Å². The Labute approximate surface area is 161 Å². The summed E-state index contributed by atoms with van der Waals surface area (Å²) in [4.78, 5) is 24.5. The second-order valence-electron chi connectivity index (χ2n) is 7.04. The standard InChI is InChI=1S/C21H31NO5/c1-5-25-18-11-10-16(12-19(18)26-6-2)21(24)27-13-20(23)22-17-9-7-8-14(3)15(17)4/h10-12,14-15,17H,5-9,13H2,1-4H3,(H,22,23)/t14-,15+,17-/m1/s1. The molecule has 1 aliphatic rings. The molecule has 2 rings (SSSR count). The van der Waals surface area contributed by atoms with Gasteiger partial charge in [-0.2, -0.15) is 0 Å². The van der Waals surface area contributed by atoms with Crippen molar-refractivity contribution in [3.8, 4) is 11.5 Å². The van der Waals surface area contributed by atoms with Crippen molar-refractivity contribution < 1.29 is 23.8 Å². The Balaban J connectivity index is 1.91. The summed E-state index contributed by atoms with van der Waals surface area (Å²) in [6.45, 7) is 8.79. The number of benzene rings is 1. The number of carbonyl (C=O) groups excluding carboxylic acids is 2. The number of esters is 1. The zero-order chi connectivity index (χ0) is 19.8. The molecule has 0 heterocycles. The first-order valence-electron chi connectivity index (χ1n) is 9.82. The number of nitrogens with one attached hydrogen (secondary N) is 1. The third kappa shape index (κ3) is 5.88. The van der Waals surface area contributed by atoms with Crippen molar-refractivity contribution in [3.63, 3.8) is 0 Å². The van der Waals surface area contributed by atoms with Crippen LogP contribution in [0.25, 0.3) is 0 Å².